The van der Waals surface area contributed by atoms with Crippen molar-refractivity contribution >= 4 is 17.6 Å². The molecule has 0 saturated heterocycles. The normalized spacial score (nSPS) is 11.8. The highest BCUT2D eigenvalue weighted by Crippen LogP contribution is 2.15. The molecule has 0 heterocycles. The number of carbonyl (C=O) groups excluding carboxylic acids is 1. The van der Waals surface area contributed by atoms with Crippen LogP contribution in [0.25, 0.3) is 0 Å². The lowest BCUT2D eigenvalue weighted by Gasteiger charge is -2.13. The standard InChI is InChI=1S/C18H21ClN2O3/c1-24-12-14-4-2-13(3-5-14)10-20-18(23)21-11-17(22)15-6-8-16(19)9-7-15/h2-9,17,22H,10-12H2,1H3,(H2,20,21,23). The van der Waals surface area contributed by atoms with Gasteiger partial charge in [0.1, 0.15) is 0 Å². The molecule has 0 aliphatic heterocycles. The van der Waals surface area contributed by atoms with E-state index in [2.05, 4.69) is 10.6 Å². The lowest BCUT2D eigenvalue weighted by Crippen LogP contribution is -2.37. The van der Waals surface area contributed by atoms with Crippen LogP contribution >= 0.6 is 11.6 Å². The molecule has 2 aromatic rings. The van der Waals surface area contributed by atoms with Gasteiger partial charge >= 0.3 is 6.03 Å². The Bertz CT molecular complexity index is 644. The number of benzene rings is 2. The largest absolute Gasteiger partial charge is 0.387 e. The molecule has 1 atom stereocenters. The predicted molar refractivity (Wildman–Crippen MR) is 93.8 cm³/mol. The molecule has 0 radical (unpaired) electrons. The third-order valence-corrected chi connectivity index (χ3v) is 3.75. The second kappa shape index (κ2) is 9.27. The van der Waals surface area contributed by atoms with Gasteiger partial charge in [0.25, 0.3) is 0 Å². The second-order valence-electron chi connectivity index (χ2n) is 5.38. The van der Waals surface area contributed by atoms with Crippen molar-refractivity contribution in [2.24, 2.45) is 0 Å². The molecule has 6 heteroatoms. The van der Waals surface area contributed by atoms with E-state index in [0.717, 1.165) is 11.1 Å². The molecule has 0 saturated carbocycles. The van der Waals surface area contributed by atoms with Gasteiger partial charge in [-0.05, 0) is 28.8 Å². The Morgan fingerprint density at radius 1 is 1.08 bits per heavy atom. The van der Waals surface area contributed by atoms with Crippen molar-refractivity contribution in [1.29, 1.82) is 0 Å². The van der Waals surface area contributed by atoms with Crippen molar-refractivity contribution in [3.05, 3.63) is 70.2 Å². The minimum Gasteiger partial charge on any atom is -0.387 e. The molecule has 3 N–H and O–H groups in total. The van der Waals surface area contributed by atoms with Crippen LogP contribution in [-0.2, 0) is 17.9 Å². The number of hydrogen-bond acceptors (Lipinski definition) is 3. The highest BCUT2D eigenvalue weighted by atomic mass is 35.5. The summed E-state index contributed by atoms with van der Waals surface area (Å²) in [4.78, 5) is 11.8. The molecular weight excluding hydrogens is 328 g/mol. The zero-order valence-corrected chi connectivity index (χ0v) is 14.2. The number of amides is 2. The third kappa shape index (κ3) is 5.85. The molecule has 1 unspecified atom stereocenters. The zero-order chi connectivity index (χ0) is 17.4. The number of aliphatic hydroxyl groups is 1. The van der Waals surface area contributed by atoms with Crippen LogP contribution in [-0.4, -0.2) is 24.8 Å². The van der Waals surface area contributed by atoms with Gasteiger partial charge in [-0.15, -0.1) is 0 Å². The highest BCUT2D eigenvalue weighted by Gasteiger charge is 2.09. The van der Waals surface area contributed by atoms with Gasteiger partial charge in [-0.1, -0.05) is 48.0 Å². The number of methoxy groups -OCH3 is 1. The van der Waals surface area contributed by atoms with Crippen molar-refractivity contribution in [1.82, 2.24) is 10.6 Å². The van der Waals surface area contributed by atoms with Crippen LogP contribution in [0, 0.1) is 0 Å². The Morgan fingerprint density at radius 3 is 2.33 bits per heavy atom. The van der Waals surface area contributed by atoms with Crippen LogP contribution < -0.4 is 10.6 Å². The monoisotopic (exact) mass is 348 g/mol. The minimum absolute atomic E-state index is 0.125. The van der Waals surface area contributed by atoms with Crippen LogP contribution in [0.1, 0.15) is 22.8 Å². The highest BCUT2D eigenvalue weighted by molar-refractivity contribution is 6.30. The molecule has 5 nitrogen and oxygen atoms in total. The Labute approximate surface area is 146 Å². The fourth-order valence-electron chi connectivity index (χ4n) is 2.16. The average molecular weight is 349 g/mol. The van der Waals surface area contributed by atoms with E-state index in [0.29, 0.717) is 23.7 Å². The summed E-state index contributed by atoms with van der Waals surface area (Å²) in [7, 11) is 1.65. The number of carbonyl (C=O) groups is 1. The van der Waals surface area contributed by atoms with Gasteiger partial charge in [-0.3, -0.25) is 0 Å². The number of aliphatic hydroxyl groups excluding tert-OH is 1. The van der Waals surface area contributed by atoms with E-state index in [-0.39, 0.29) is 12.6 Å². The molecule has 24 heavy (non-hydrogen) atoms. The summed E-state index contributed by atoms with van der Waals surface area (Å²) < 4.78 is 5.05. The Balaban J connectivity index is 1.73. The number of nitrogens with one attached hydrogen (secondary N) is 2. The van der Waals surface area contributed by atoms with Crippen molar-refractivity contribution in [3.8, 4) is 0 Å². The first-order chi connectivity index (χ1) is 11.6. The van der Waals surface area contributed by atoms with Crippen LogP contribution in [0.2, 0.25) is 5.02 Å². The Kier molecular flexibility index (Phi) is 7.06. The molecule has 0 bridgehead atoms. The van der Waals surface area contributed by atoms with E-state index in [1.165, 1.54) is 0 Å². The first-order valence-electron chi connectivity index (χ1n) is 7.60. The average Bonchev–Trinajstić information content (AvgIpc) is 2.60. The summed E-state index contributed by atoms with van der Waals surface area (Å²) in [6.45, 7) is 1.10. The molecular formula is C18H21ClN2O3. The fraction of sp³-hybridized carbons (Fsp3) is 0.278. The van der Waals surface area contributed by atoms with E-state index in [9.17, 15) is 9.90 Å². The first kappa shape index (κ1) is 18.3. The predicted octanol–water partition coefficient (Wildman–Crippen LogP) is 3.02. The summed E-state index contributed by atoms with van der Waals surface area (Å²) in [6.07, 6.45) is -0.777. The molecule has 2 rings (SSSR count). The van der Waals surface area contributed by atoms with Gasteiger partial charge in [0.05, 0.1) is 12.7 Å². The summed E-state index contributed by atoms with van der Waals surface area (Å²) in [5.74, 6) is 0. The SMILES string of the molecule is COCc1ccc(CNC(=O)NCC(O)c2ccc(Cl)cc2)cc1. The van der Waals surface area contributed by atoms with E-state index in [1.807, 2.05) is 24.3 Å². The molecule has 2 amide bonds. The van der Waals surface area contributed by atoms with Gasteiger partial charge in [0.2, 0.25) is 0 Å². The van der Waals surface area contributed by atoms with Gasteiger partial charge < -0.3 is 20.5 Å². The smallest absolute Gasteiger partial charge is 0.315 e. The van der Waals surface area contributed by atoms with E-state index >= 15 is 0 Å². The Morgan fingerprint density at radius 2 is 1.71 bits per heavy atom. The van der Waals surface area contributed by atoms with Crippen LogP contribution in [0.3, 0.4) is 0 Å². The van der Waals surface area contributed by atoms with Gasteiger partial charge in [-0.2, -0.15) is 0 Å². The van der Waals surface area contributed by atoms with Crippen molar-refractivity contribution in [3.63, 3.8) is 0 Å². The lowest BCUT2D eigenvalue weighted by atomic mass is 10.1. The van der Waals surface area contributed by atoms with E-state index in [1.54, 1.807) is 31.4 Å². The van der Waals surface area contributed by atoms with E-state index in [4.69, 9.17) is 16.3 Å². The third-order valence-electron chi connectivity index (χ3n) is 3.50. The molecule has 2 aromatic carbocycles. The van der Waals surface area contributed by atoms with Crippen LogP contribution in [0.15, 0.2) is 48.5 Å². The Hall–Kier alpha value is -2.08. The van der Waals surface area contributed by atoms with Crippen molar-refractivity contribution in [2.45, 2.75) is 19.3 Å². The molecule has 0 fully saturated rings. The van der Waals surface area contributed by atoms with E-state index < -0.39 is 6.10 Å². The van der Waals surface area contributed by atoms with Crippen LogP contribution in [0.4, 0.5) is 4.79 Å². The maximum absolute atomic E-state index is 11.8. The van der Waals surface area contributed by atoms with Gasteiger partial charge in [0.15, 0.2) is 0 Å². The number of hydrogen-bond donors (Lipinski definition) is 3. The van der Waals surface area contributed by atoms with Crippen LogP contribution in [0.5, 0.6) is 0 Å². The minimum atomic E-state index is -0.777. The van der Waals surface area contributed by atoms with Gasteiger partial charge in [-0.25, -0.2) is 4.79 Å². The summed E-state index contributed by atoms with van der Waals surface area (Å²) >= 11 is 5.80. The lowest BCUT2D eigenvalue weighted by molar-refractivity contribution is 0.173. The molecule has 128 valence electrons. The summed E-state index contributed by atoms with van der Waals surface area (Å²) in [5, 5.41) is 16.0. The molecule has 0 spiro atoms. The quantitative estimate of drug-likeness (QED) is 0.720. The molecule has 0 aliphatic carbocycles. The first-order valence-corrected chi connectivity index (χ1v) is 7.98. The summed E-state index contributed by atoms with van der Waals surface area (Å²) in [6, 6.07) is 14.3. The summed E-state index contributed by atoms with van der Waals surface area (Å²) in [5.41, 5.74) is 2.77. The number of rotatable bonds is 7. The fourth-order valence-corrected chi connectivity index (χ4v) is 2.28. The molecule has 0 aliphatic rings. The second-order valence-corrected chi connectivity index (χ2v) is 5.82. The topological polar surface area (TPSA) is 70.6 Å². The van der Waals surface area contributed by atoms with Crippen molar-refractivity contribution < 1.29 is 14.6 Å². The number of ether oxygens (including phenoxy) is 1. The van der Waals surface area contributed by atoms with Crippen molar-refractivity contribution in [2.75, 3.05) is 13.7 Å². The number of halogens is 1. The van der Waals surface area contributed by atoms with Gasteiger partial charge in [0, 0.05) is 25.2 Å². The maximum atomic E-state index is 11.8. The maximum Gasteiger partial charge on any atom is 0.315 e. The number of urea groups is 1. The zero-order valence-electron chi connectivity index (χ0n) is 13.5. The molecule has 0 aromatic heterocycles.